The number of unbranched alkanes of at least 4 members (excludes halogenated alkanes) is 3. The number of carbonyl (C=O) groups is 2. The highest BCUT2D eigenvalue weighted by atomic mass is 16.5. The second-order valence-corrected chi connectivity index (χ2v) is 6.49. The molecule has 0 spiro atoms. The highest BCUT2D eigenvalue weighted by molar-refractivity contribution is 5.94. The normalized spacial score (nSPS) is 12.0. The average molecular weight is 348 g/mol. The molecule has 25 heavy (non-hydrogen) atoms. The molecule has 4 nitrogen and oxygen atoms in total. The summed E-state index contributed by atoms with van der Waals surface area (Å²) in [4.78, 5) is 23.6. The van der Waals surface area contributed by atoms with E-state index in [2.05, 4.69) is 31.2 Å². The van der Waals surface area contributed by atoms with Gasteiger partial charge < -0.3 is 9.47 Å². The van der Waals surface area contributed by atoms with Crippen molar-refractivity contribution in [2.45, 2.75) is 64.2 Å². The third-order valence-corrected chi connectivity index (χ3v) is 4.69. The second kappa shape index (κ2) is 12.5. The topological polar surface area (TPSA) is 52.6 Å². The standard InChI is InChI=1S/C21H32O4/c1-4-5-6-8-12-18(17-13-9-7-10-14-17)15-11-16-19(20(22)24-2)21(23)25-3/h7,9-10,13-14,18-19H,4-6,8,11-12,15-16H2,1-3H3. The number of hydrogen-bond acceptors (Lipinski definition) is 4. The van der Waals surface area contributed by atoms with Crippen LogP contribution in [0.4, 0.5) is 0 Å². The lowest BCUT2D eigenvalue weighted by molar-refractivity contribution is -0.159. The van der Waals surface area contributed by atoms with E-state index >= 15 is 0 Å². The molecule has 140 valence electrons. The number of ether oxygens (including phenoxy) is 2. The van der Waals surface area contributed by atoms with E-state index < -0.39 is 17.9 Å². The molecular formula is C21H32O4. The Morgan fingerprint density at radius 1 is 0.840 bits per heavy atom. The van der Waals surface area contributed by atoms with E-state index in [-0.39, 0.29) is 0 Å². The molecule has 0 aliphatic heterocycles. The molecule has 1 rings (SSSR count). The van der Waals surface area contributed by atoms with Crippen molar-refractivity contribution in [3.05, 3.63) is 35.9 Å². The van der Waals surface area contributed by atoms with Crippen LogP contribution in [-0.4, -0.2) is 26.2 Å². The molecule has 0 aromatic heterocycles. The maximum atomic E-state index is 11.8. The van der Waals surface area contributed by atoms with Gasteiger partial charge in [0, 0.05) is 0 Å². The minimum atomic E-state index is -0.813. The summed E-state index contributed by atoms with van der Waals surface area (Å²) in [6.45, 7) is 2.22. The maximum Gasteiger partial charge on any atom is 0.320 e. The number of rotatable bonds is 12. The Balaban J connectivity index is 2.61. The van der Waals surface area contributed by atoms with Gasteiger partial charge in [0.05, 0.1) is 14.2 Å². The number of carbonyl (C=O) groups excluding carboxylic acids is 2. The summed E-state index contributed by atoms with van der Waals surface area (Å²) in [7, 11) is 2.61. The van der Waals surface area contributed by atoms with E-state index in [9.17, 15) is 9.59 Å². The van der Waals surface area contributed by atoms with Crippen molar-refractivity contribution in [2.75, 3.05) is 14.2 Å². The summed E-state index contributed by atoms with van der Waals surface area (Å²) in [5.41, 5.74) is 1.34. The minimum absolute atomic E-state index is 0.467. The van der Waals surface area contributed by atoms with Crippen molar-refractivity contribution >= 4 is 11.9 Å². The Hall–Kier alpha value is -1.84. The highest BCUT2D eigenvalue weighted by Crippen LogP contribution is 2.29. The molecule has 0 aliphatic carbocycles. The van der Waals surface area contributed by atoms with Crippen LogP contribution in [0, 0.1) is 5.92 Å². The largest absolute Gasteiger partial charge is 0.468 e. The molecule has 0 N–H and O–H groups in total. The average Bonchev–Trinajstić information content (AvgIpc) is 2.66. The van der Waals surface area contributed by atoms with Crippen LogP contribution in [0.1, 0.15) is 69.8 Å². The lowest BCUT2D eigenvalue weighted by Gasteiger charge is -2.19. The lowest BCUT2D eigenvalue weighted by atomic mass is 9.87. The van der Waals surface area contributed by atoms with Crippen molar-refractivity contribution in [3.8, 4) is 0 Å². The molecule has 0 radical (unpaired) electrons. The summed E-state index contributed by atoms with van der Waals surface area (Å²) in [6.07, 6.45) is 8.34. The Kier molecular flexibility index (Phi) is 10.6. The molecule has 1 unspecified atom stereocenters. The van der Waals surface area contributed by atoms with Crippen molar-refractivity contribution in [3.63, 3.8) is 0 Å². The molecular weight excluding hydrogens is 316 g/mol. The van der Waals surface area contributed by atoms with Crippen molar-refractivity contribution in [1.29, 1.82) is 0 Å². The minimum Gasteiger partial charge on any atom is -0.468 e. The summed E-state index contributed by atoms with van der Waals surface area (Å²) < 4.78 is 9.46. The zero-order chi connectivity index (χ0) is 18.5. The number of hydrogen-bond donors (Lipinski definition) is 0. The molecule has 0 bridgehead atoms. The predicted octanol–water partition coefficient (Wildman–Crippen LogP) is 4.87. The third-order valence-electron chi connectivity index (χ3n) is 4.69. The Bertz CT molecular complexity index is 482. The first kappa shape index (κ1) is 21.2. The Labute approximate surface area is 151 Å². The van der Waals surface area contributed by atoms with E-state index in [1.165, 1.54) is 45.5 Å². The van der Waals surface area contributed by atoms with Gasteiger partial charge in [0.2, 0.25) is 0 Å². The predicted molar refractivity (Wildman–Crippen MR) is 99.3 cm³/mol. The first-order chi connectivity index (χ1) is 12.1. The monoisotopic (exact) mass is 348 g/mol. The molecule has 1 atom stereocenters. The van der Waals surface area contributed by atoms with Crippen LogP contribution in [0.15, 0.2) is 30.3 Å². The summed E-state index contributed by atoms with van der Waals surface area (Å²) in [6, 6.07) is 10.5. The molecule has 0 saturated heterocycles. The lowest BCUT2D eigenvalue weighted by Crippen LogP contribution is -2.26. The number of methoxy groups -OCH3 is 2. The first-order valence-electron chi connectivity index (χ1n) is 9.34. The van der Waals surface area contributed by atoms with Gasteiger partial charge >= 0.3 is 11.9 Å². The summed E-state index contributed by atoms with van der Waals surface area (Å²) in [5.74, 6) is -1.36. The number of benzene rings is 1. The van der Waals surface area contributed by atoms with Crippen LogP contribution in [0.25, 0.3) is 0 Å². The molecule has 4 heteroatoms. The second-order valence-electron chi connectivity index (χ2n) is 6.49. The summed E-state index contributed by atoms with van der Waals surface area (Å²) in [5, 5.41) is 0. The number of esters is 2. The van der Waals surface area contributed by atoms with Gasteiger partial charge in [0.15, 0.2) is 5.92 Å². The van der Waals surface area contributed by atoms with E-state index in [1.807, 2.05) is 6.07 Å². The highest BCUT2D eigenvalue weighted by Gasteiger charge is 2.28. The van der Waals surface area contributed by atoms with Gasteiger partial charge in [-0.1, -0.05) is 69.4 Å². The molecule has 0 heterocycles. The van der Waals surface area contributed by atoms with Crippen LogP contribution in [0.2, 0.25) is 0 Å². The van der Waals surface area contributed by atoms with Crippen LogP contribution in [-0.2, 0) is 19.1 Å². The zero-order valence-corrected chi connectivity index (χ0v) is 15.8. The van der Waals surface area contributed by atoms with E-state index in [4.69, 9.17) is 9.47 Å². The van der Waals surface area contributed by atoms with Crippen LogP contribution in [0.5, 0.6) is 0 Å². The fraction of sp³-hybridized carbons (Fsp3) is 0.619. The van der Waals surface area contributed by atoms with Gasteiger partial charge in [0.1, 0.15) is 0 Å². The Morgan fingerprint density at radius 2 is 1.44 bits per heavy atom. The van der Waals surface area contributed by atoms with Crippen molar-refractivity contribution in [2.24, 2.45) is 5.92 Å². The van der Waals surface area contributed by atoms with Gasteiger partial charge in [-0.25, -0.2) is 0 Å². The van der Waals surface area contributed by atoms with Crippen LogP contribution >= 0.6 is 0 Å². The van der Waals surface area contributed by atoms with Crippen molar-refractivity contribution < 1.29 is 19.1 Å². The SMILES string of the molecule is CCCCCCC(CCCC(C(=O)OC)C(=O)OC)c1ccccc1. The Morgan fingerprint density at radius 3 is 2.00 bits per heavy atom. The fourth-order valence-corrected chi connectivity index (χ4v) is 3.21. The van der Waals surface area contributed by atoms with Gasteiger partial charge in [-0.2, -0.15) is 0 Å². The first-order valence-corrected chi connectivity index (χ1v) is 9.34. The molecule has 1 aromatic rings. The smallest absolute Gasteiger partial charge is 0.320 e. The fourth-order valence-electron chi connectivity index (χ4n) is 3.21. The van der Waals surface area contributed by atoms with Gasteiger partial charge in [0.25, 0.3) is 0 Å². The maximum absolute atomic E-state index is 11.8. The molecule has 0 saturated carbocycles. The van der Waals surface area contributed by atoms with Crippen LogP contribution < -0.4 is 0 Å². The molecule has 0 aliphatic rings. The molecule has 0 amide bonds. The zero-order valence-electron chi connectivity index (χ0n) is 15.8. The quantitative estimate of drug-likeness (QED) is 0.307. The van der Waals surface area contributed by atoms with E-state index in [1.54, 1.807) is 0 Å². The van der Waals surface area contributed by atoms with E-state index in [0.717, 1.165) is 19.3 Å². The van der Waals surface area contributed by atoms with E-state index in [0.29, 0.717) is 12.3 Å². The van der Waals surface area contributed by atoms with Gasteiger partial charge in [-0.15, -0.1) is 0 Å². The molecule has 0 fully saturated rings. The third kappa shape index (κ3) is 7.72. The van der Waals surface area contributed by atoms with Gasteiger partial charge in [-0.05, 0) is 30.7 Å². The van der Waals surface area contributed by atoms with Crippen molar-refractivity contribution in [1.82, 2.24) is 0 Å². The summed E-state index contributed by atoms with van der Waals surface area (Å²) >= 11 is 0. The van der Waals surface area contributed by atoms with Gasteiger partial charge in [-0.3, -0.25) is 9.59 Å². The molecule has 1 aromatic carbocycles. The van der Waals surface area contributed by atoms with Crippen LogP contribution in [0.3, 0.4) is 0 Å².